The monoisotopic (exact) mass is 552 g/mol. The van der Waals surface area contributed by atoms with Crippen LogP contribution in [0.25, 0.3) is 0 Å². The van der Waals surface area contributed by atoms with Gasteiger partial charge in [-0.15, -0.1) is 0 Å². The number of hydrogen-bond donors (Lipinski definition) is 3. The number of allylic oxidation sites excluding steroid dienone is 1. The third kappa shape index (κ3) is 6.68. The molecule has 3 N–H and O–H groups in total. The van der Waals surface area contributed by atoms with Crippen LogP contribution in [0.4, 0.5) is 4.79 Å². The summed E-state index contributed by atoms with van der Waals surface area (Å²) in [7, 11) is -3.78. The number of rotatable bonds is 4. The Hall–Kier alpha value is -2.63. The number of hydrogen-bond acceptors (Lipinski definition) is 7. The lowest BCUT2D eigenvalue weighted by molar-refractivity contribution is -0.146. The SMILES string of the molecule is CC(C)(C)NC(=O)OC1CCCCC/C=C/C2CC2(C(=O)NS(=O)(=O)C2CC2)NC(=O)C2CCCN2C1=O. The number of sulfonamides is 1. The first kappa shape index (κ1) is 28.4. The van der Waals surface area contributed by atoms with E-state index in [0.29, 0.717) is 51.5 Å². The summed E-state index contributed by atoms with van der Waals surface area (Å²) in [5, 5.41) is 4.96. The van der Waals surface area contributed by atoms with Crippen molar-refractivity contribution in [3.05, 3.63) is 12.2 Å². The topological polar surface area (TPSA) is 151 Å². The molecule has 2 aliphatic carbocycles. The molecule has 3 fully saturated rings. The van der Waals surface area contributed by atoms with Crippen LogP contribution in [0.5, 0.6) is 0 Å². The van der Waals surface area contributed by atoms with Gasteiger partial charge >= 0.3 is 6.09 Å². The molecule has 0 spiro atoms. The van der Waals surface area contributed by atoms with Gasteiger partial charge in [-0.2, -0.15) is 0 Å². The van der Waals surface area contributed by atoms with Crippen LogP contribution in [0, 0.1) is 5.92 Å². The van der Waals surface area contributed by atoms with Crippen molar-refractivity contribution in [2.75, 3.05) is 6.54 Å². The van der Waals surface area contributed by atoms with Crippen molar-refractivity contribution in [3.63, 3.8) is 0 Å². The number of amides is 4. The minimum Gasteiger partial charge on any atom is -0.436 e. The molecular weight excluding hydrogens is 512 g/mol. The van der Waals surface area contributed by atoms with Gasteiger partial charge in [0.05, 0.1) is 5.25 Å². The first-order valence-electron chi connectivity index (χ1n) is 13.7. The lowest BCUT2D eigenvalue weighted by atomic mass is 10.1. The van der Waals surface area contributed by atoms with E-state index in [9.17, 15) is 27.6 Å². The van der Waals surface area contributed by atoms with Gasteiger partial charge in [0.25, 0.3) is 11.8 Å². The van der Waals surface area contributed by atoms with Gasteiger partial charge in [-0.3, -0.25) is 19.1 Å². The predicted molar refractivity (Wildman–Crippen MR) is 139 cm³/mol. The van der Waals surface area contributed by atoms with E-state index in [4.69, 9.17) is 4.74 Å². The molecule has 0 aromatic rings. The van der Waals surface area contributed by atoms with Crippen molar-refractivity contribution in [1.82, 2.24) is 20.3 Å². The Morgan fingerprint density at radius 2 is 1.82 bits per heavy atom. The molecule has 4 aliphatic rings. The smallest absolute Gasteiger partial charge is 0.408 e. The van der Waals surface area contributed by atoms with Crippen LogP contribution in [0.2, 0.25) is 0 Å². The highest BCUT2D eigenvalue weighted by Gasteiger charge is 2.61. The molecule has 212 valence electrons. The lowest BCUT2D eigenvalue weighted by Gasteiger charge is -2.30. The molecule has 12 heteroatoms. The summed E-state index contributed by atoms with van der Waals surface area (Å²) < 4.78 is 32.7. The van der Waals surface area contributed by atoms with Crippen LogP contribution in [0.15, 0.2) is 12.2 Å². The van der Waals surface area contributed by atoms with Gasteiger partial charge < -0.3 is 20.3 Å². The van der Waals surface area contributed by atoms with E-state index >= 15 is 0 Å². The zero-order valence-corrected chi connectivity index (χ0v) is 23.3. The number of ether oxygens (including phenoxy) is 1. The van der Waals surface area contributed by atoms with Gasteiger partial charge in [0.2, 0.25) is 15.9 Å². The Bertz CT molecular complexity index is 1100. The molecule has 11 nitrogen and oxygen atoms in total. The zero-order chi connectivity index (χ0) is 27.7. The van der Waals surface area contributed by atoms with Gasteiger partial charge in [-0.1, -0.05) is 18.6 Å². The quantitative estimate of drug-likeness (QED) is 0.451. The van der Waals surface area contributed by atoms with Crippen molar-refractivity contribution in [2.24, 2.45) is 5.92 Å². The summed E-state index contributed by atoms with van der Waals surface area (Å²) in [5.41, 5.74) is -1.90. The van der Waals surface area contributed by atoms with Crippen molar-refractivity contribution in [3.8, 4) is 0 Å². The molecule has 38 heavy (non-hydrogen) atoms. The summed E-state index contributed by atoms with van der Waals surface area (Å²) >= 11 is 0. The number of nitrogens with zero attached hydrogens (tertiary/aromatic N) is 1. The average molecular weight is 553 g/mol. The van der Waals surface area contributed by atoms with Crippen molar-refractivity contribution in [1.29, 1.82) is 0 Å². The van der Waals surface area contributed by atoms with Crippen molar-refractivity contribution < 1.29 is 32.3 Å². The molecule has 2 heterocycles. The molecule has 0 radical (unpaired) electrons. The summed E-state index contributed by atoms with van der Waals surface area (Å²) in [6.07, 6.45) is 7.84. The Balaban J connectivity index is 1.54. The molecule has 0 aromatic carbocycles. The minimum absolute atomic E-state index is 0.292. The molecule has 4 unspecified atom stereocenters. The average Bonchev–Trinajstić information content (AvgIpc) is 3.72. The van der Waals surface area contributed by atoms with Crippen molar-refractivity contribution in [2.45, 2.75) is 113 Å². The standard InChI is InChI=1S/C26H40N4O7S/c1-25(2,3)28-24(34)37-20-12-8-6-4-5-7-10-17-16-26(17,23(33)29-38(35,36)18-13-14-18)27-21(31)19-11-9-15-30(19)22(20)32/h7,10,17-20H,4-6,8-9,11-16H2,1-3H3,(H,27,31)(H,28,34)(H,29,33)/b10-7+. The van der Waals surface area contributed by atoms with E-state index in [2.05, 4.69) is 15.4 Å². The lowest BCUT2D eigenvalue weighted by Crippen LogP contribution is -2.57. The normalized spacial score (nSPS) is 31.6. The molecule has 1 saturated heterocycles. The maximum Gasteiger partial charge on any atom is 0.408 e. The second-order valence-electron chi connectivity index (χ2n) is 12.0. The molecular formula is C26H40N4O7S. The zero-order valence-electron chi connectivity index (χ0n) is 22.5. The summed E-state index contributed by atoms with van der Waals surface area (Å²) in [5.74, 6) is -1.98. The first-order valence-corrected chi connectivity index (χ1v) is 15.2. The van der Waals surface area contributed by atoms with E-state index in [0.717, 1.165) is 19.3 Å². The largest absolute Gasteiger partial charge is 0.436 e. The second-order valence-corrected chi connectivity index (χ2v) is 13.9. The third-order valence-corrected chi connectivity index (χ3v) is 9.33. The van der Waals surface area contributed by atoms with E-state index in [1.165, 1.54) is 4.90 Å². The maximum absolute atomic E-state index is 13.6. The van der Waals surface area contributed by atoms with Crippen molar-refractivity contribution >= 4 is 33.8 Å². The van der Waals surface area contributed by atoms with Crippen LogP contribution in [0.3, 0.4) is 0 Å². The number of alkyl carbamates (subject to hydrolysis) is 1. The van der Waals surface area contributed by atoms with Gasteiger partial charge in [0, 0.05) is 18.0 Å². The minimum atomic E-state index is -3.78. The van der Waals surface area contributed by atoms with E-state index in [-0.39, 0.29) is 5.92 Å². The van der Waals surface area contributed by atoms with Gasteiger partial charge in [-0.05, 0) is 78.6 Å². The maximum atomic E-state index is 13.6. The first-order chi connectivity index (χ1) is 17.8. The van der Waals surface area contributed by atoms with Crippen LogP contribution >= 0.6 is 0 Å². The van der Waals surface area contributed by atoms with Crippen LogP contribution in [-0.4, -0.2) is 72.2 Å². The van der Waals surface area contributed by atoms with E-state index in [1.54, 1.807) is 0 Å². The fourth-order valence-corrected chi connectivity index (χ4v) is 6.55. The number of fused-ring (bicyclic) bond motifs is 2. The highest BCUT2D eigenvalue weighted by molar-refractivity contribution is 7.91. The molecule has 4 amide bonds. The fourth-order valence-electron chi connectivity index (χ4n) is 5.18. The van der Waals surface area contributed by atoms with Crippen LogP contribution in [-0.2, 0) is 29.1 Å². The predicted octanol–water partition coefficient (Wildman–Crippen LogP) is 1.87. The molecule has 2 aliphatic heterocycles. The number of carbonyl (C=O) groups excluding carboxylic acids is 4. The highest BCUT2D eigenvalue weighted by atomic mass is 32.2. The number of carbonyl (C=O) groups is 4. The fraction of sp³-hybridized carbons (Fsp3) is 0.769. The van der Waals surface area contributed by atoms with Gasteiger partial charge in [0.1, 0.15) is 11.6 Å². The Labute approximate surface area is 224 Å². The third-order valence-electron chi connectivity index (χ3n) is 7.51. The molecule has 4 atom stereocenters. The number of nitrogens with one attached hydrogen (secondary N) is 3. The van der Waals surface area contributed by atoms with E-state index in [1.807, 2.05) is 32.9 Å². The van der Waals surface area contributed by atoms with Gasteiger partial charge in [-0.25, -0.2) is 13.2 Å². The van der Waals surface area contributed by atoms with E-state index < -0.39 is 62.3 Å². The Morgan fingerprint density at radius 1 is 1.08 bits per heavy atom. The molecule has 2 saturated carbocycles. The Kier molecular flexibility index (Phi) is 8.11. The van der Waals surface area contributed by atoms with Crippen LogP contribution < -0.4 is 15.4 Å². The summed E-state index contributed by atoms with van der Waals surface area (Å²) in [4.78, 5) is 54.2. The highest BCUT2D eigenvalue weighted by Crippen LogP contribution is 2.46. The molecule has 0 bridgehead atoms. The van der Waals surface area contributed by atoms with Crippen LogP contribution in [0.1, 0.15) is 85.0 Å². The summed E-state index contributed by atoms with van der Waals surface area (Å²) in [6.45, 7) is 5.77. The second kappa shape index (κ2) is 10.9. The Morgan fingerprint density at radius 3 is 2.50 bits per heavy atom. The van der Waals surface area contributed by atoms with Gasteiger partial charge in [0.15, 0.2) is 6.10 Å². The molecule has 4 rings (SSSR count). The summed E-state index contributed by atoms with van der Waals surface area (Å²) in [6, 6.07) is -0.834. The molecule has 0 aromatic heterocycles.